The second-order valence-electron chi connectivity index (χ2n) is 3.46. The zero-order chi connectivity index (χ0) is 12.0. The Morgan fingerprint density at radius 1 is 1.62 bits per heavy atom. The molecule has 6 heteroatoms. The maximum absolute atomic E-state index is 11.5. The Balaban J connectivity index is 2.31. The Kier molecular flexibility index (Phi) is 4.78. The molecule has 1 rings (SSSR count). The van der Waals surface area contributed by atoms with Crippen molar-refractivity contribution in [3.8, 4) is 0 Å². The van der Waals surface area contributed by atoms with E-state index in [-0.39, 0.29) is 5.91 Å². The number of hydrogen-bond acceptors (Lipinski definition) is 4. The molecular formula is C10H18N4O2. The number of aromatic nitrogens is 2. The molecule has 0 fully saturated rings. The number of rotatable bonds is 6. The number of anilines is 2. The van der Waals surface area contributed by atoms with Gasteiger partial charge >= 0.3 is 0 Å². The number of aryl methyl sites for hydroxylation is 1. The van der Waals surface area contributed by atoms with Crippen molar-refractivity contribution >= 4 is 17.4 Å². The number of amides is 1. The van der Waals surface area contributed by atoms with Gasteiger partial charge in [-0.1, -0.05) is 0 Å². The smallest absolute Gasteiger partial charge is 0.225 e. The average molecular weight is 226 g/mol. The van der Waals surface area contributed by atoms with Gasteiger partial charge in [0.15, 0.2) is 5.82 Å². The van der Waals surface area contributed by atoms with Gasteiger partial charge in [0.05, 0.1) is 11.4 Å². The van der Waals surface area contributed by atoms with Crippen LogP contribution in [0.2, 0.25) is 0 Å². The third kappa shape index (κ3) is 3.54. The first-order valence-electron chi connectivity index (χ1n) is 5.33. The molecule has 1 heterocycles. The summed E-state index contributed by atoms with van der Waals surface area (Å²) in [4.78, 5) is 11.5. The lowest BCUT2D eigenvalue weighted by Gasteiger charge is -2.03. The predicted molar refractivity (Wildman–Crippen MR) is 62.1 cm³/mol. The van der Waals surface area contributed by atoms with Crippen LogP contribution in [0.5, 0.6) is 0 Å². The first kappa shape index (κ1) is 12.5. The van der Waals surface area contributed by atoms with Gasteiger partial charge in [0.2, 0.25) is 5.91 Å². The lowest BCUT2D eigenvalue weighted by molar-refractivity contribution is -0.116. The van der Waals surface area contributed by atoms with Crippen molar-refractivity contribution in [3.05, 3.63) is 5.69 Å². The van der Waals surface area contributed by atoms with E-state index in [4.69, 9.17) is 10.5 Å². The molecule has 0 bridgehead atoms. The zero-order valence-electron chi connectivity index (χ0n) is 9.67. The van der Waals surface area contributed by atoms with Gasteiger partial charge in [0.25, 0.3) is 0 Å². The van der Waals surface area contributed by atoms with Crippen molar-refractivity contribution in [1.82, 2.24) is 10.2 Å². The van der Waals surface area contributed by atoms with Gasteiger partial charge in [-0.05, 0) is 20.3 Å². The fourth-order valence-electron chi connectivity index (χ4n) is 1.21. The van der Waals surface area contributed by atoms with E-state index in [2.05, 4.69) is 15.5 Å². The van der Waals surface area contributed by atoms with Crippen LogP contribution >= 0.6 is 0 Å². The zero-order valence-corrected chi connectivity index (χ0v) is 9.67. The van der Waals surface area contributed by atoms with Crippen molar-refractivity contribution in [3.63, 3.8) is 0 Å². The Bertz CT molecular complexity index is 349. The number of carbonyl (C=O) groups is 1. The summed E-state index contributed by atoms with van der Waals surface area (Å²) < 4.78 is 5.14. The fraction of sp³-hybridized carbons (Fsp3) is 0.600. The van der Waals surface area contributed by atoms with E-state index in [0.717, 1.165) is 5.69 Å². The van der Waals surface area contributed by atoms with Crippen molar-refractivity contribution in [1.29, 1.82) is 0 Å². The summed E-state index contributed by atoms with van der Waals surface area (Å²) >= 11 is 0. The summed E-state index contributed by atoms with van der Waals surface area (Å²) in [6.07, 6.45) is 1.11. The van der Waals surface area contributed by atoms with Gasteiger partial charge in [-0.15, -0.1) is 0 Å². The summed E-state index contributed by atoms with van der Waals surface area (Å²) in [5.41, 5.74) is 6.93. The van der Waals surface area contributed by atoms with Crippen molar-refractivity contribution < 1.29 is 9.53 Å². The second kappa shape index (κ2) is 6.12. The minimum Gasteiger partial charge on any atom is -0.394 e. The molecule has 0 aliphatic rings. The molecule has 0 saturated carbocycles. The maximum atomic E-state index is 11.5. The minimum atomic E-state index is -0.0992. The monoisotopic (exact) mass is 226 g/mol. The molecule has 0 aliphatic heterocycles. The molecule has 0 radical (unpaired) electrons. The number of H-pyrrole nitrogens is 1. The number of ether oxygens (including phenoxy) is 1. The van der Waals surface area contributed by atoms with Crippen LogP contribution in [0.25, 0.3) is 0 Å². The van der Waals surface area contributed by atoms with Crippen LogP contribution in [0.15, 0.2) is 0 Å². The first-order valence-corrected chi connectivity index (χ1v) is 5.33. The minimum absolute atomic E-state index is 0.0992. The van der Waals surface area contributed by atoms with Crippen molar-refractivity contribution in [2.45, 2.75) is 26.7 Å². The highest BCUT2D eigenvalue weighted by atomic mass is 16.5. The number of hydrogen-bond donors (Lipinski definition) is 3. The molecule has 6 nitrogen and oxygen atoms in total. The van der Waals surface area contributed by atoms with Crippen molar-refractivity contribution in [2.24, 2.45) is 0 Å². The molecule has 0 aliphatic carbocycles. The molecule has 1 amide bonds. The lowest BCUT2D eigenvalue weighted by Crippen LogP contribution is -2.13. The summed E-state index contributed by atoms with van der Waals surface area (Å²) in [7, 11) is 0. The molecule has 90 valence electrons. The van der Waals surface area contributed by atoms with E-state index in [1.165, 1.54) is 0 Å². The van der Waals surface area contributed by atoms with Gasteiger partial charge in [0.1, 0.15) is 0 Å². The van der Waals surface area contributed by atoms with Crippen LogP contribution in [0.3, 0.4) is 0 Å². The molecule has 16 heavy (non-hydrogen) atoms. The third-order valence-corrected chi connectivity index (χ3v) is 2.15. The van der Waals surface area contributed by atoms with Crippen LogP contribution in [0, 0.1) is 6.92 Å². The second-order valence-corrected chi connectivity index (χ2v) is 3.46. The topological polar surface area (TPSA) is 93.0 Å². The van der Waals surface area contributed by atoms with Gasteiger partial charge in [-0.25, -0.2) is 0 Å². The van der Waals surface area contributed by atoms with Crippen LogP contribution in [0.1, 0.15) is 25.5 Å². The van der Waals surface area contributed by atoms with Crippen molar-refractivity contribution in [2.75, 3.05) is 24.3 Å². The van der Waals surface area contributed by atoms with E-state index in [0.29, 0.717) is 37.6 Å². The molecular weight excluding hydrogens is 208 g/mol. The quantitative estimate of drug-likeness (QED) is 0.632. The Morgan fingerprint density at radius 2 is 2.38 bits per heavy atom. The lowest BCUT2D eigenvalue weighted by atomic mass is 10.3. The number of nitrogens with zero attached hydrogens (tertiary/aromatic N) is 1. The van der Waals surface area contributed by atoms with Crippen LogP contribution in [-0.2, 0) is 9.53 Å². The predicted octanol–water partition coefficient (Wildman–Crippen LogP) is 1.06. The van der Waals surface area contributed by atoms with E-state index in [1.54, 1.807) is 6.92 Å². The Morgan fingerprint density at radius 3 is 2.94 bits per heavy atom. The number of nitrogens with one attached hydrogen (secondary N) is 2. The highest BCUT2D eigenvalue weighted by Gasteiger charge is 2.09. The largest absolute Gasteiger partial charge is 0.394 e. The summed E-state index contributed by atoms with van der Waals surface area (Å²) in [5, 5.41) is 9.24. The van der Waals surface area contributed by atoms with Crippen LogP contribution in [0.4, 0.5) is 11.5 Å². The number of nitrogen functional groups attached to an aromatic ring is 1. The molecule has 0 spiro atoms. The normalized spacial score (nSPS) is 10.4. The SMILES string of the molecule is CCOCCCC(=O)Nc1n[nH]c(C)c1N. The Hall–Kier alpha value is -1.56. The van der Waals surface area contributed by atoms with E-state index >= 15 is 0 Å². The van der Waals surface area contributed by atoms with Crippen LogP contribution < -0.4 is 11.1 Å². The van der Waals surface area contributed by atoms with Gasteiger partial charge < -0.3 is 15.8 Å². The van der Waals surface area contributed by atoms with E-state index in [9.17, 15) is 4.79 Å². The Labute approximate surface area is 94.5 Å². The first-order chi connectivity index (χ1) is 7.65. The van der Waals surface area contributed by atoms with E-state index < -0.39 is 0 Å². The van der Waals surface area contributed by atoms with Gasteiger partial charge in [-0.2, -0.15) is 5.10 Å². The molecule has 4 N–H and O–H groups in total. The molecule has 0 unspecified atom stereocenters. The maximum Gasteiger partial charge on any atom is 0.225 e. The van der Waals surface area contributed by atoms with E-state index in [1.807, 2.05) is 6.92 Å². The van der Waals surface area contributed by atoms with Gasteiger partial charge in [-0.3, -0.25) is 9.89 Å². The molecule has 0 saturated heterocycles. The standard InChI is InChI=1S/C10H18N4O2/c1-3-16-6-4-5-8(15)12-10-9(11)7(2)13-14-10/h3-6,11H2,1-2H3,(H2,12,13,14,15). The van der Waals surface area contributed by atoms with Crippen LogP contribution in [-0.4, -0.2) is 29.3 Å². The summed E-state index contributed by atoms with van der Waals surface area (Å²) in [6, 6.07) is 0. The average Bonchev–Trinajstić information content (AvgIpc) is 2.56. The molecule has 0 atom stereocenters. The van der Waals surface area contributed by atoms with Gasteiger partial charge in [0, 0.05) is 19.6 Å². The molecule has 1 aromatic heterocycles. The highest BCUT2D eigenvalue weighted by Crippen LogP contribution is 2.17. The number of aromatic amines is 1. The fourth-order valence-corrected chi connectivity index (χ4v) is 1.21. The summed E-state index contributed by atoms with van der Waals surface area (Å²) in [6.45, 7) is 4.99. The third-order valence-electron chi connectivity index (χ3n) is 2.15. The number of carbonyl (C=O) groups excluding carboxylic acids is 1. The number of nitrogens with two attached hydrogens (primary N) is 1. The molecule has 0 aromatic carbocycles. The molecule has 1 aromatic rings. The highest BCUT2D eigenvalue weighted by molar-refractivity contribution is 5.92. The summed E-state index contributed by atoms with van der Waals surface area (Å²) in [5.74, 6) is 0.303.